The summed E-state index contributed by atoms with van der Waals surface area (Å²) in [7, 11) is 4.30. The second kappa shape index (κ2) is 8.64. The van der Waals surface area contributed by atoms with Gasteiger partial charge in [0, 0.05) is 0 Å². The van der Waals surface area contributed by atoms with Crippen LogP contribution in [0.4, 0.5) is 0 Å². The fraction of sp³-hybridized carbons (Fsp3) is 0.368. The first kappa shape index (κ1) is 19.7. The van der Waals surface area contributed by atoms with Crippen LogP contribution in [0.2, 0.25) is 0 Å². The maximum absolute atomic E-state index is 10.7. The lowest BCUT2D eigenvalue weighted by atomic mass is 10.0. The largest absolute Gasteiger partial charge is 0.502 e. The van der Waals surface area contributed by atoms with Crippen LogP contribution >= 0.6 is 0 Å². The maximum atomic E-state index is 10.7. The zero-order chi connectivity index (χ0) is 19.3. The Hall–Kier alpha value is -2.64. The molecule has 0 heterocycles. The molecule has 2 aromatic rings. The highest BCUT2D eigenvalue weighted by Crippen LogP contribution is 2.40. The number of hydrogen-bond acceptors (Lipinski definition) is 7. The van der Waals surface area contributed by atoms with Crippen molar-refractivity contribution in [3.05, 3.63) is 41.5 Å². The van der Waals surface area contributed by atoms with Crippen LogP contribution in [0.15, 0.2) is 30.3 Å². The summed E-state index contributed by atoms with van der Waals surface area (Å²) in [5.41, 5.74) is 1.35. The van der Waals surface area contributed by atoms with Crippen molar-refractivity contribution in [1.82, 2.24) is 0 Å². The summed E-state index contributed by atoms with van der Waals surface area (Å²) in [6.07, 6.45) is -2.17. The lowest BCUT2D eigenvalue weighted by molar-refractivity contribution is -0.000617. The van der Waals surface area contributed by atoms with Gasteiger partial charge in [-0.2, -0.15) is 0 Å². The summed E-state index contributed by atoms with van der Waals surface area (Å²) in [6, 6.07) is 8.26. The first-order valence-corrected chi connectivity index (χ1v) is 8.00. The molecule has 0 radical (unpaired) electrons. The topological polar surface area (TPSA) is 97.6 Å². The summed E-state index contributed by atoms with van der Waals surface area (Å²) in [6.45, 7) is 1.48. The van der Waals surface area contributed by atoms with Gasteiger partial charge in [0.05, 0.1) is 27.9 Å². The molecule has 0 spiro atoms. The van der Waals surface area contributed by atoms with Gasteiger partial charge in [-0.15, -0.1) is 0 Å². The lowest BCUT2D eigenvalue weighted by Gasteiger charge is -2.24. The summed E-state index contributed by atoms with van der Waals surface area (Å²) in [4.78, 5) is 0. The Labute approximate surface area is 152 Å². The van der Waals surface area contributed by atoms with Crippen molar-refractivity contribution in [3.63, 3.8) is 0 Å². The Kier molecular flexibility index (Phi) is 6.54. The third kappa shape index (κ3) is 4.12. The van der Waals surface area contributed by atoms with E-state index < -0.39 is 18.8 Å². The first-order chi connectivity index (χ1) is 12.4. The molecule has 0 aliphatic heterocycles. The molecule has 0 bridgehead atoms. The van der Waals surface area contributed by atoms with E-state index in [0.717, 1.165) is 5.56 Å². The lowest BCUT2D eigenvalue weighted by Crippen LogP contribution is -2.29. The van der Waals surface area contributed by atoms with Crippen LogP contribution in [0.1, 0.15) is 17.2 Å². The van der Waals surface area contributed by atoms with Crippen LogP contribution in [0.5, 0.6) is 28.7 Å². The van der Waals surface area contributed by atoms with Crippen LogP contribution in [0.3, 0.4) is 0 Å². The Bertz CT molecular complexity index is 720. The molecular weight excluding hydrogens is 340 g/mol. The summed E-state index contributed by atoms with van der Waals surface area (Å²) < 4.78 is 21.2. The molecule has 7 heteroatoms. The van der Waals surface area contributed by atoms with Crippen molar-refractivity contribution in [2.45, 2.75) is 19.1 Å². The SMILES string of the molecule is COc1cc(C)ccc1O[C@@H](CO)[C@@H](O)c1cc(OC)c(O)c(OC)c1. The van der Waals surface area contributed by atoms with Gasteiger partial charge in [0.1, 0.15) is 6.10 Å². The van der Waals surface area contributed by atoms with Crippen molar-refractivity contribution >= 4 is 0 Å². The number of ether oxygens (including phenoxy) is 4. The van der Waals surface area contributed by atoms with E-state index in [9.17, 15) is 15.3 Å². The van der Waals surface area contributed by atoms with Crippen LogP contribution in [0, 0.1) is 6.92 Å². The normalized spacial score (nSPS) is 13.0. The van der Waals surface area contributed by atoms with Gasteiger partial charge in [-0.25, -0.2) is 0 Å². The van der Waals surface area contributed by atoms with Crippen molar-refractivity contribution < 1.29 is 34.3 Å². The highest BCUT2D eigenvalue weighted by atomic mass is 16.5. The number of aliphatic hydroxyl groups is 2. The van der Waals surface area contributed by atoms with E-state index in [-0.39, 0.29) is 17.2 Å². The zero-order valence-electron chi connectivity index (χ0n) is 15.2. The number of aryl methyl sites for hydroxylation is 1. The van der Waals surface area contributed by atoms with Gasteiger partial charge in [-0.1, -0.05) is 6.07 Å². The molecule has 142 valence electrons. The number of benzene rings is 2. The standard InChI is InChI=1S/C19H24O7/c1-11-5-6-13(14(7-11)23-2)26-17(10-20)18(21)12-8-15(24-3)19(22)16(9-12)25-4/h5-9,17-18,20-22H,10H2,1-4H3/t17-,18-/m0/s1. The van der Waals surface area contributed by atoms with Gasteiger partial charge in [0.15, 0.2) is 29.1 Å². The van der Waals surface area contributed by atoms with E-state index in [2.05, 4.69) is 0 Å². The summed E-state index contributed by atoms with van der Waals surface area (Å²) >= 11 is 0. The number of hydrogen-bond donors (Lipinski definition) is 3. The number of aliphatic hydroxyl groups excluding tert-OH is 2. The fourth-order valence-electron chi connectivity index (χ4n) is 2.54. The van der Waals surface area contributed by atoms with Crippen molar-refractivity contribution in [2.24, 2.45) is 0 Å². The van der Waals surface area contributed by atoms with Crippen LogP contribution in [-0.2, 0) is 0 Å². The molecule has 0 aliphatic rings. The molecule has 2 atom stereocenters. The van der Waals surface area contributed by atoms with Gasteiger partial charge < -0.3 is 34.3 Å². The Balaban J connectivity index is 2.33. The molecule has 0 saturated heterocycles. The van der Waals surface area contributed by atoms with Gasteiger partial charge >= 0.3 is 0 Å². The molecule has 0 unspecified atom stereocenters. The van der Waals surface area contributed by atoms with E-state index in [0.29, 0.717) is 17.1 Å². The fourth-order valence-corrected chi connectivity index (χ4v) is 2.54. The minimum atomic E-state index is -1.20. The molecule has 2 rings (SSSR count). The van der Waals surface area contributed by atoms with Crippen LogP contribution in [0.25, 0.3) is 0 Å². The number of aromatic hydroxyl groups is 1. The second-order valence-electron chi connectivity index (χ2n) is 5.71. The van der Waals surface area contributed by atoms with Crippen LogP contribution < -0.4 is 18.9 Å². The number of methoxy groups -OCH3 is 3. The van der Waals surface area contributed by atoms with Gasteiger partial charge in [-0.05, 0) is 42.3 Å². The number of phenols is 1. The minimum absolute atomic E-state index is 0.142. The molecule has 0 aromatic heterocycles. The Morgan fingerprint density at radius 2 is 1.46 bits per heavy atom. The van der Waals surface area contributed by atoms with Crippen LogP contribution in [-0.4, -0.2) is 49.4 Å². The molecule has 3 N–H and O–H groups in total. The maximum Gasteiger partial charge on any atom is 0.200 e. The highest BCUT2D eigenvalue weighted by molar-refractivity contribution is 5.53. The van der Waals surface area contributed by atoms with Gasteiger partial charge in [-0.3, -0.25) is 0 Å². The van der Waals surface area contributed by atoms with E-state index >= 15 is 0 Å². The first-order valence-electron chi connectivity index (χ1n) is 8.00. The predicted molar refractivity (Wildman–Crippen MR) is 95.4 cm³/mol. The summed E-state index contributed by atoms with van der Waals surface area (Å²) in [5, 5.41) is 30.4. The smallest absolute Gasteiger partial charge is 0.200 e. The average Bonchev–Trinajstić information content (AvgIpc) is 2.66. The van der Waals surface area contributed by atoms with E-state index in [1.165, 1.54) is 33.5 Å². The van der Waals surface area contributed by atoms with Crippen molar-refractivity contribution in [3.8, 4) is 28.7 Å². The van der Waals surface area contributed by atoms with Gasteiger partial charge in [0.25, 0.3) is 0 Å². The van der Waals surface area contributed by atoms with E-state index in [4.69, 9.17) is 18.9 Å². The molecule has 0 aliphatic carbocycles. The second-order valence-corrected chi connectivity index (χ2v) is 5.71. The molecular formula is C19H24O7. The minimum Gasteiger partial charge on any atom is -0.502 e. The van der Waals surface area contributed by atoms with Crippen molar-refractivity contribution in [2.75, 3.05) is 27.9 Å². The van der Waals surface area contributed by atoms with Crippen molar-refractivity contribution in [1.29, 1.82) is 0 Å². The molecule has 2 aromatic carbocycles. The third-order valence-corrected chi connectivity index (χ3v) is 3.97. The Morgan fingerprint density at radius 3 is 1.96 bits per heavy atom. The Morgan fingerprint density at radius 1 is 0.885 bits per heavy atom. The predicted octanol–water partition coefficient (Wildman–Crippen LogP) is 2.20. The molecule has 7 nitrogen and oxygen atoms in total. The monoisotopic (exact) mass is 364 g/mol. The third-order valence-electron chi connectivity index (χ3n) is 3.97. The quantitative estimate of drug-likeness (QED) is 0.660. The molecule has 26 heavy (non-hydrogen) atoms. The molecule has 0 fully saturated rings. The summed E-state index contributed by atoms with van der Waals surface area (Å²) in [5.74, 6) is 1.00. The van der Waals surface area contributed by atoms with E-state index in [1.54, 1.807) is 12.1 Å². The zero-order valence-corrected chi connectivity index (χ0v) is 15.2. The molecule has 0 saturated carbocycles. The molecule has 0 amide bonds. The number of phenolic OH excluding ortho intramolecular Hbond substituents is 1. The highest BCUT2D eigenvalue weighted by Gasteiger charge is 2.26. The average molecular weight is 364 g/mol. The van der Waals surface area contributed by atoms with Gasteiger partial charge in [0.2, 0.25) is 5.75 Å². The van der Waals surface area contributed by atoms with E-state index in [1.807, 2.05) is 13.0 Å². The number of rotatable bonds is 8.